The molecule has 0 unspecified atom stereocenters. The summed E-state index contributed by atoms with van der Waals surface area (Å²) in [7, 11) is 0. The largest absolute Gasteiger partial charge is 0.399 e. The number of aryl methyl sites for hydroxylation is 1. The van der Waals surface area contributed by atoms with Gasteiger partial charge >= 0.3 is 0 Å². The Morgan fingerprint density at radius 3 is 2.17 bits per heavy atom. The molecule has 3 aromatic carbocycles. The van der Waals surface area contributed by atoms with Crippen LogP contribution in [-0.2, 0) is 6.54 Å². The Morgan fingerprint density at radius 1 is 0.778 bits per heavy atom. The van der Waals surface area contributed by atoms with E-state index in [1.807, 2.05) is 12.1 Å². The van der Waals surface area contributed by atoms with Gasteiger partial charge in [0, 0.05) is 34.9 Å². The molecule has 0 amide bonds. The third-order valence-electron chi connectivity index (χ3n) is 7.49. The predicted molar refractivity (Wildman–Crippen MR) is 153 cm³/mol. The van der Waals surface area contributed by atoms with E-state index in [4.69, 9.17) is 11.5 Å². The lowest BCUT2D eigenvalue weighted by molar-refractivity contribution is -0.929. The lowest BCUT2D eigenvalue weighted by atomic mass is 9.98. The van der Waals surface area contributed by atoms with Crippen molar-refractivity contribution in [2.45, 2.75) is 40.2 Å². The highest BCUT2D eigenvalue weighted by Gasteiger charge is 2.27. The number of nitrogens with one attached hydrogen (secondary N) is 2. The minimum absolute atomic E-state index is 0.777. The Bertz CT molecular complexity index is 1300. The molecule has 1 heterocycles. The Balaban J connectivity index is 1.78. The standard InChI is InChI=1S/C30H41N6/c1-4-17-33-34-22-36(5-2,6-3)19-10-18-35-29-21-25(32)14-16-27(29)26-15-13-24(31)20-28(26)30(35)23-11-8-7-9-12-23/h7-9,11-16,20-21,32-34H,4-6,10,17-19,22,31H2,1-3H3/q+1/p+1. The highest BCUT2D eigenvalue weighted by molar-refractivity contribution is 6.10. The first-order valence-electron chi connectivity index (χ1n) is 13.3. The summed E-state index contributed by atoms with van der Waals surface area (Å²) < 4.78 is 3.49. The molecule has 0 spiro atoms. The maximum absolute atomic E-state index is 6.32. The fourth-order valence-electron chi connectivity index (χ4n) is 5.24. The topological polar surface area (TPSA) is 80.0 Å². The number of hydrogen-bond acceptors (Lipinski definition) is 4. The summed E-state index contributed by atoms with van der Waals surface area (Å²) in [6.45, 7) is 12.9. The van der Waals surface area contributed by atoms with Crippen LogP contribution >= 0.6 is 0 Å². The molecule has 190 valence electrons. The van der Waals surface area contributed by atoms with Gasteiger partial charge in [0.25, 0.3) is 0 Å². The van der Waals surface area contributed by atoms with Crippen molar-refractivity contribution < 1.29 is 9.05 Å². The van der Waals surface area contributed by atoms with E-state index in [-0.39, 0.29) is 0 Å². The number of pyridine rings is 1. The highest BCUT2D eigenvalue weighted by atomic mass is 15.5. The van der Waals surface area contributed by atoms with Crippen LogP contribution in [0.25, 0.3) is 32.9 Å². The number of fused-ring (bicyclic) bond motifs is 3. The molecule has 4 aromatic rings. The fourth-order valence-corrected chi connectivity index (χ4v) is 5.24. The van der Waals surface area contributed by atoms with Crippen molar-refractivity contribution >= 4 is 33.1 Å². The molecule has 0 atom stereocenters. The molecule has 0 saturated carbocycles. The average Bonchev–Trinajstić information content (AvgIpc) is 2.90. The van der Waals surface area contributed by atoms with Gasteiger partial charge < -0.3 is 16.0 Å². The minimum Gasteiger partial charge on any atom is -0.399 e. The van der Waals surface area contributed by atoms with Crippen molar-refractivity contribution in [3.05, 3.63) is 66.7 Å². The first-order chi connectivity index (χ1) is 17.5. The Labute approximate surface area is 215 Å². The highest BCUT2D eigenvalue weighted by Crippen LogP contribution is 2.33. The maximum atomic E-state index is 6.32. The molecule has 0 saturated heterocycles. The lowest BCUT2D eigenvalue weighted by Gasteiger charge is -2.36. The molecule has 0 aliphatic rings. The van der Waals surface area contributed by atoms with E-state index < -0.39 is 0 Å². The van der Waals surface area contributed by atoms with Crippen LogP contribution in [0, 0.1) is 0 Å². The number of nitrogens with two attached hydrogens (primary N) is 2. The van der Waals surface area contributed by atoms with Gasteiger partial charge in [-0.25, -0.2) is 5.43 Å². The quantitative estimate of drug-likeness (QED) is 0.0440. The number of nitrogen functional groups attached to an aromatic ring is 2. The van der Waals surface area contributed by atoms with Crippen LogP contribution in [0.5, 0.6) is 0 Å². The van der Waals surface area contributed by atoms with Crippen LogP contribution in [0.1, 0.15) is 33.6 Å². The molecule has 6 nitrogen and oxygen atoms in total. The van der Waals surface area contributed by atoms with Gasteiger partial charge in [-0.05, 0) is 56.7 Å². The predicted octanol–water partition coefficient (Wildman–Crippen LogP) is 4.82. The number of benzene rings is 3. The van der Waals surface area contributed by atoms with Crippen LogP contribution in [0.4, 0.5) is 11.4 Å². The third-order valence-corrected chi connectivity index (χ3v) is 7.49. The molecule has 6 N–H and O–H groups in total. The zero-order chi connectivity index (χ0) is 25.5. The summed E-state index contributed by atoms with van der Waals surface area (Å²) in [5, 5.41) is 3.58. The normalized spacial score (nSPS) is 12.0. The van der Waals surface area contributed by atoms with Gasteiger partial charge in [0.15, 0.2) is 6.54 Å². The monoisotopic (exact) mass is 486 g/mol. The van der Waals surface area contributed by atoms with Crippen LogP contribution in [-0.4, -0.2) is 37.3 Å². The number of hydrogen-bond donors (Lipinski definition) is 4. The SMILES string of the molecule is CCCNNC[N+](CC)(CC)CCC[n+]1c(-c2ccccc2)c2cc(N)ccc2c2ccc(N)cc21. The molecule has 0 aliphatic heterocycles. The molecular formula is C30H42N6+2. The Morgan fingerprint density at radius 2 is 1.47 bits per heavy atom. The first kappa shape index (κ1) is 25.9. The second-order valence-corrected chi connectivity index (χ2v) is 9.76. The zero-order valence-electron chi connectivity index (χ0n) is 22.1. The molecule has 6 heteroatoms. The van der Waals surface area contributed by atoms with E-state index in [0.29, 0.717) is 0 Å². The van der Waals surface area contributed by atoms with Gasteiger partial charge in [-0.15, -0.1) is 0 Å². The van der Waals surface area contributed by atoms with E-state index >= 15 is 0 Å². The molecule has 0 radical (unpaired) electrons. The molecular weight excluding hydrogens is 444 g/mol. The molecule has 4 rings (SSSR count). The summed E-state index contributed by atoms with van der Waals surface area (Å²) in [5.41, 5.74) is 24.6. The van der Waals surface area contributed by atoms with Gasteiger partial charge in [-0.2, -0.15) is 4.57 Å². The number of anilines is 2. The van der Waals surface area contributed by atoms with E-state index in [1.54, 1.807) is 0 Å². The van der Waals surface area contributed by atoms with Crippen LogP contribution in [0.15, 0.2) is 66.7 Å². The van der Waals surface area contributed by atoms with Crippen molar-refractivity contribution in [2.75, 3.05) is 44.3 Å². The van der Waals surface area contributed by atoms with Crippen molar-refractivity contribution in [1.82, 2.24) is 10.9 Å². The Kier molecular flexibility index (Phi) is 8.41. The third kappa shape index (κ3) is 5.46. The second kappa shape index (κ2) is 11.7. The van der Waals surface area contributed by atoms with E-state index in [2.05, 4.69) is 90.8 Å². The van der Waals surface area contributed by atoms with E-state index in [9.17, 15) is 0 Å². The zero-order valence-corrected chi connectivity index (χ0v) is 22.1. The summed E-state index contributed by atoms with van der Waals surface area (Å²) in [6.07, 6.45) is 2.17. The summed E-state index contributed by atoms with van der Waals surface area (Å²) in [4.78, 5) is 0. The van der Waals surface area contributed by atoms with Gasteiger partial charge in [-0.3, -0.25) is 5.43 Å². The van der Waals surface area contributed by atoms with Crippen molar-refractivity contribution in [3.8, 4) is 11.3 Å². The number of aromatic nitrogens is 1. The molecule has 1 aromatic heterocycles. The molecule has 0 aliphatic carbocycles. The van der Waals surface area contributed by atoms with Crippen LogP contribution < -0.4 is 26.9 Å². The van der Waals surface area contributed by atoms with Gasteiger partial charge in [0.1, 0.15) is 6.67 Å². The number of quaternary nitrogens is 1. The van der Waals surface area contributed by atoms with Gasteiger partial charge in [0.05, 0.1) is 36.8 Å². The summed E-state index contributed by atoms with van der Waals surface area (Å²) >= 11 is 0. The Hall–Kier alpha value is -3.19. The molecule has 36 heavy (non-hydrogen) atoms. The molecule has 0 fully saturated rings. The maximum Gasteiger partial charge on any atom is 0.220 e. The number of hydrazine groups is 1. The summed E-state index contributed by atoms with van der Waals surface area (Å²) in [6, 6.07) is 23.2. The number of rotatable bonds is 12. The van der Waals surface area contributed by atoms with Crippen molar-refractivity contribution in [2.24, 2.45) is 0 Å². The second-order valence-electron chi connectivity index (χ2n) is 9.76. The van der Waals surface area contributed by atoms with Crippen LogP contribution in [0.2, 0.25) is 0 Å². The fraction of sp³-hybridized carbons (Fsp3) is 0.367. The van der Waals surface area contributed by atoms with Crippen molar-refractivity contribution in [1.29, 1.82) is 0 Å². The minimum atomic E-state index is 0.777. The smallest absolute Gasteiger partial charge is 0.220 e. The first-order valence-corrected chi connectivity index (χ1v) is 13.3. The average molecular weight is 487 g/mol. The van der Waals surface area contributed by atoms with E-state index in [1.165, 1.54) is 32.9 Å². The number of nitrogens with zero attached hydrogens (tertiary/aromatic N) is 2. The van der Waals surface area contributed by atoms with E-state index in [0.717, 1.165) is 68.1 Å². The van der Waals surface area contributed by atoms with Gasteiger partial charge in [0.2, 0.25) is 11.2 Å². The van der Waals surface area contributed by atoms with Crippen LogP contribution in [0.3, 0.4) is 0 Å². The van der Waals surface area contributed by atoms with Crippen molar-refractivity contribution in [3.63, 3.8) is 0 Å². The summed E-state index contributed by atoms with van der Waals surface area (Å²) in [5.74, 6) is 0. The molecule has 0 bridgehead atoms. The lowest BCUT2D eigenvalue weighted by Crippen LogP contribution is -2.57. The van der Waals surface area contributed by atoms with Gasteiger partial charge in [-0.1, -0.05) is 31.2 Å².